The van der Waals surface area contributed by atoms with Gasteiger partial charge in [0.2, 0.25) is 0 Å². The maximum atomic E-state index is 11.9. The van der Waals surface area contributed by atoms with Gasteiger partial charge in [-0.25, -0.2) is 8.42 Å². The van der Waals surface area contributed by atoms with Gasteiger partial charge in [0.05, 0.1) is 16.2 Å². The molecule has 0 aliphatic carbocycles. The van der Waals surface area contributed by atoms with Crippen molar-refractivity contribution in [1.82, 2.24) is 5.32 Å². The van der Waals surface area contributed by atoms with Gasteiger partial charge in [-0.15, -0.1) is 0 Å². The Hall–Kier alpha value is -1.38. The highest BCUT2D eigenvalue weighted by atomic mass is 32.2. The maximum Gasteiger partial charge on any atom is 0.180 e. The molecular weight excluding hydrogens is 236 g/mol. The third kappa shape index (κ3) is 2.84. The van der Waals surface area contributed by atoms with Gasteiger partial charge in [-0.1, -0.05) is 12.1 Å². The summed E-state index contributed by atoms with van der Waals surface area (Å²) in [5.41, 5.74) is 0.762. The highest BCUT2D eigenvalue weighted by molar-refractivity contribution is 7.92. The Morgan fingerprint density at radius 2 is 1.76 bits per heavy atom. The van der Waals surface area contributed by atoms with Crippen molar-refractivity contribution >= 4 is 9.84 Å². The molecule has 0 fully saturated rings. The lowest BCUT2D eigenvalue weighted by molar-refractivity contribution is 0.587. The van der Waals surface area contributed by atoms with Crippen molar-refractivity contribution < 1.29 is 8.42 Å². The van der Waals surface area contributed by atoms with Crippen molar-refractivity contribution in [2.45, 2.75) is 30.0 Å². The average Bonchev–Trinajstić information content (AvgIpc) is 2.31. The van der Waals surface area contributed by atoms with E-state index in [9.17, 15) is 8.42 Å². The van der Waals surface area contributed by atoms with E-state index < -0.39 is 21.1 Å². The van der Waals surface area contributed by atoms with Crippen molar-refractivity contribution in [2.75, 3.05) is 7.05 Å². The largest absolute Gasteiger partial charge is 0.301 e. The molecule has 0 amide bonds. The Balaban J connectivity index is 3.09. The van der Waals surface area contributed by atoms with Crippen LogP contribution < -0.4 is 5.32 Å². The third-order valence-corrected chi connectivity index (χ3v) is 4.75. The van der Waals surface area contributed by atoms with Crippen LogP contribution in [0.4, 0.5) is 0 Å². The molecule has 0 aliphatic rings. The molecule has 0 aromatic heterocycles. The van der Waals surface area contributed by atoms with Crippen LogP contribution in [-0.2, 0) is 9.84 Å². The second-order valence-corrected chi connectivity index (χ2v) is 6.52. The summed E-state index contributed by atoms with van der Waals surface area (Å²) >= 11 is 0. The zero-order valence-electron chi connectivity index (χ0n) is 10.1. The molecule has 5 heteroatoms. The van der Waals surface area contributed by atoms with E-state index in [2.05, 4.69) is 11.4 Å². The topological polar surface area (TPSA) is 70.0 Å². The van der Waals surface area contributed by atoms with Crippen LogP contribution in [-0.4, -0.2) is 20.7 Å². The predicted octanol–water partition coefficient (Wildman–Crippen LogP) is 1.65. The predicted molar refractivity (Wildman–Crippen MR) is 66.2 cm³/mol. The first-order valence-electron chi connectivity index (χ1n) is 5.34. The number of benzene rings is 1. The minimum atomic E-state index is -3.24. The lowest BCUT2D eigenvalue weighted by Gasteiger charge is -2.10. The number of sulfone groups is 1. The average molecular weight is 252 g/mol. The number of nitrogens with one attached hydrogen (secondary N) is 1. The minimum absolute atomic E-state index is 0.295. The fourth-order valence-electron chi connectivity index (χ4n) is 1.43. The van der Waals surface area contributed by atoms with Crippen LogP contribution in [0.5, 0.6) is 0 Å². The zero-order chi connectivity index (χ0) is 13.1. The van der Waals surface area contributed by atoms with Crippen molar-refractivity contribution in [1.29, 1.82) is 5.26 Å². The number of nitriles is 1. The molecular formula is C12H16N2O2S. The van der Waals surface area contributed by atoms with Gasteiger partial charge in [0.1, 0.15) is 6.04 Å². The number of rotatable bonds is 4. The molecule has 92 valence electrons. The molecule has 0 aliphatic heterocycles. The number of hydrogen-bond donors (Lipinski definition) is 1. The van der Waals surface area contributed by atoms with Gasteiger partial charge in [0.25, 0.3) is 0 Å². The minimum Gasteiger partial charge on any atom is -0.301 e. The van der Waals surface area contributed by atoms with Gasteiger partial charge < -0.3 is 5.32 Å². The van der Waals surface area contributed by atoms with E-state index in [1.165, 1.54) is 0 Å². The summed E-state index contributed by atoms with van der Waals surface area (Å²) in [4.78, 5) is 0.295. The molecule has 1 atom stereocenters. The first-order chi connectivity index (χ1) is 7.93. The fraction of sp³-hybridized carbons (Fsp3) is 0.417. The molecule has 0 saturated carbocycles. The van der Waals surface area contributed by atoms with E-state index in [-0.39, 0.29) is 0 Å². The maximum absolute atomic E-state index is 11.9. The molecule has 1 N–H and O–H groups in total. The molecule has 1 rings (SSSR count). The Bertz CT molecular complexity index is 512. The fourth-order valence-corrected chi connectivity index (χ4v) is 2.49. The lowest BCUT2D eigenvalue weighted by Crippen LogP contribution is -2.16. The van der Waals surface area contributed by atoms with Crippen LogP contribution >= 0.6 is 0 Å². The van der Waals surface area contributed by atoms with Crippen LogP contribution in [0.15, 0.2) is 29.2 Å². The van der Waals surface area contributed by atoms with E-state index in [0.29, 0.717) is 4.90 Å². The zero-order valence-corrected chi connectivity index (χ0v) is 11.0. The van der Waals surface area contributed by atoms with E-state index in [1.54, 1.807) is 45.2 Å². The molecule has 0 radical (unpaired) electrons. The summed E-state index contributed by atoms with van der Waals surface area (Å²) < 4.78 is 23.7. The van der Waals surface area contributed by atoms with Crippen LogP contribution in [0.2, 0.25) is 0 Å². The summed E-state index contributed by atoms with van der Waals surface area (Å²) in [5, 5.41) is 11.3. The van der Waals surface area contributed by atoms with Crippen molar-refractivity contribution in [3.05, 3.63) is 29.8 Å². The second-order valence-electron chi connectivity index (χ2n) is 4.01. The Labute approximate surface area is 102 Å². The Kier molecular flexibility index (Phi) is 4.27. The summed E-state index contributed by atoms with van der Waals surface area (Å²) in [6.45, 7) is 3.30. The van der Waals surface area contributed by atoms with E-state index >= 15 is 0 Å². The Morgan fingerprint density at radius 3 is 2.12 bits per heavy atom. The molecule has 1 aromatic carbocycles. The van der Waals surface area contributed by atoms with E-state index in [0.717, 1.165) is 5.56 Å². The molecule has 0 saturated heterocycles. The standard InChI is InChI=1S/C12H16N2O2S/c1-9(2)17(15,16)11-6-4-10(5-7-11)12(8-13)14-3/h4-7,9,12,14H,1-3H3. The second kappa shape index (κ2) is 5.30. The smallest absolute Gasteiger partial charge is 0.180 e. The third-order valence-electron chi connectivity index (χ3n) is 2.58. The summed E-state index contributed by atoms with van der Waals surface area (Å²) in [6.07, 6.45) is 0. The summed E-state index contributed by atoms with van der Waals surface area (Å²) in [5.74, 6) is 0. The highest BCUT2D eigenvalue weighted by Crippen LogP contribution is 2.19. The van der Waals surface area contributed by atoms with E-state index in [1.807, 2.05) is 0 Å². The molecule has 0 bridgehead atoms. The van der Waals surface area contributed by atoms with Gasteiger partial charge in [0.15, 0.2) is 9.84 Å². The molecule has 17 heavy (non-hydrogen) atoms. The summed E-state index contributed by atoms with van der Waals surface area (Å²) in [7, 11) is -1.55. The van der Waals surface area contributed by atoms with Gasteiger partial charge in [-0.05, 0) is 38.6 Å². The molecule has 1 aromatic rings. The first-order valence-corrected chi connectivity index (χ1v) is 6.89. The van der Waals surface area contributed by atoms with Gasteiger partial charge >= 0.3 is 0 Å². The molecule has 4 nitrogen and oxygen atoms in total. The molecule has 1 unspecified atom stereocenters. The van der Waals surface area contributed by atoms with Crippen LogP contribution in [0, 0.1) is 11.3 Å². The van der Waals surface area contributed by atoms with E-state index in [4.69, 9.17) is 5.26 Å². The number of hydrogen-bond acceptors (Lipinski definition) is 4. The monoisotopic (exact) mass is 252 g/mol. The van der Waals surface area contributed by atoms with Crippen molar-refractivity contribution in [3.8, 4) is 6.07 Å². The summed E-state index contributed by atoms with van der Waals surface area (Å²) in [6, 6.07) is 8.11. The normalized spacial score (nSPS) is 13.4. The van der Waals surface area contributed by atoms with Crippen LogP contribution in [0.3, 0.4) is 0 Å². The molecule has 0 spiro atoms. The Morgan fingerprint density at radius 1 is 1.24 bits per heavy atom. The van der Waals surface area contributed by atoms with Crippen molar-refractivity contribution in [3.63, 3.8) is 0 Å². The number of nitrogens with zero attached hydrogens (tertiary/aromatic N) is 1. The van der Waals surface area contributed by atoms with Crippen LogP contribution in [0.25, 0.3) is 0 Å². The quantitative estimate of drug-likeness (QED) is 0.884. The molecule has 0 heterocycles. The van der Waals surface area contributed by atoms with Crippen LogP contribution in [0.1, 0.15) is 25.5 Å². The van der Waals surface area contributed by atoms with Gasteiger partial charge in [0, 0.05) is 0 Å². The van der Waals surface area contributed by atoms with Crippen molar-refractivity contribution in [2.24, 2.45) is 0 Å². The SMILES string of the molecule is CNC(C#N)c1ccc(S(=O)(=O)C(C)C)cc1. The lowest BCUT2D eigenvalue weighted by atomic mass is 10.1. The highest BCUT2D eigenvalue weighted by Gasteiger charge is 2.19. The van der Waals surface area contributed by atoms with Gasteiger partial charge in [-0.3, -0.25) is 0 Å². The van der Waals surface area contributed by atoms with Gasteiger partial charge in [-0.2, -0.15) is 5.26 Å². The first kappa shape index (κ1) is 13.7.